The molecule has 112 valence electrons. The van der Waals surface area contributed by atoms with Crippen LogP contribution in [-0.2, 0) is 19.3 Å². The minimum absolute atomic E-state index is 0.0105. The van der Waals surface area contributed by atoms with Crippen molar-refractivity contribution in [3.63, 3.8) is 0 Å². The summed E-state index contributed by atoms with van der Waals surface area (Å²) >= 11 is 5.29. The lowest BCUT2D eigenvalue weighted by Gasteiger charge is -2.11. The van der Waals surface area contributed by atoms with Crippen LogP contribution in [0.2, 0.25) is 0 Å². The first kappa shape index (κ1) is 15.2. The Morgan fingerprint density at radius 1 is 1.19 bits per heavy atom. The van der Waals surface area contributed by atoms with Crippen molar-refractivity contribution in [1.82, 2.24) is 0 Å². The molecule has 21 heavy (non-hydrogen) atoms. The molecule has 1 aromatic carbocycles. The quantitative estimate of drug-likeness (QED) is 0.744. The maximum Gasteiger partial charge on any atom is 0.124 e. The van der Waals surface area contributed by atoms with Crippen molar-refractivity contribution in [2.45, 2.75) is 44.6 Å². The number of aryl methyl sites for hydroxylation is 2. The second-order valence-corrected chi connectivity index (χ2v) is 7.73. The summed E-state index contributed by atoms with van der Waals surface area (Å²) in [5.41, 5.74) is 8.94. The van der Waals surface area contributed by atoms with Crippen LogP contribution in [0.1, 0.15) is 46.2 Å². The van der Waals surface area contributed by atoms with Gasteiger partial charge in [-0.3, -0.25) is 0 Å². The average molecular weight is 368 g/mol. The molecule has 1 nitrogen and oxygen atoms in total. The summed E-state index contributed by atoms with van der Waals surface area (Å²) in [6, 6.07) is 7.11. The highest BCUT2D eigenvalue weighted by Gasteiger charge is 2.17. The Hall–Kier alpha value is -0.710. The van der Waals surface area contributed by atoms with E-state index in [2.05, 4.69) is 22.0 Å². The Labute approximate surface area is 137 Å². The summed E-state index contributed by atoms with van der Waals surface area (Å²) in [7, 11) is 0. The van der Waals surface area contributed by atoms with Crippen LogP contribution in [0.4, 0.5) is 4.39 Å². The van der Waals surface area contributed by atoms with Crippen molar-refractivity contribution in [2.24, 2.45) is 5.73 Å². The lowest BCUT2D eigenvalue weighted by molar-refractivity contribution is 0.624. The van der Waals surface area contributed by atoms with E-state index in [1.807, 2.05) is 17.4 Å². The van der Waals surface area contributed by atoms with Gasteiger partial charge in [0.2, 0.25) is 0 Å². The van der Waals surface area contributed by atoms with E-state index in [0.717, 1.165) is 16.5 Å². The van der Waals surface area contributed by atoms with Crippen LogP contribution in [0.15, 0.2) is 28.7 Å². The Balaban J connectivity index is 1.77. The lowest BCUT2D eigenvalue weighted by atomic mass is 10.0. The smallest absolute Gasteiger partial charge is 0.124 e. The zero-order valence-corrected chi connectivity index (χ0v) is 14.3. The van der Waals surface area contributed by atoms with Crippen molar-refractivity contribution in [3.05, 3.63) is 55.4 Å². The van der Waals surface area contributed by atoms with Crippen LogP contribution < -0.4 is 5.73 Å². The molecular formula is C17H19BrFNS. The molecule has 1 unspecified atom stereocenters. The number of thiophene rings is 1. The van der Waals surface area contributed by atoms with E-state index in [1.165, 1.54) is 59.6 Å². The maximum absolute atomic E-state index is 13.1. The Morgan fingerprint density at radius 3 is 2.81 bits per heavy atom. The first-order valence-electron chi connectivity index (χ1n) is 7.44. The molecule has 1 aliphatic carbocycles. The van der Waals surface area contributed by atoms with Crippen molar-refractivity contribution < 1.29 is 4.39 Å². The average Bonchev–Trinajstić information content (AvgIpc) is 2.73. The Morgan fingerprint density at radius 2 is 2.00 bits per heavy atom. The SMILES string of the molecule is NC(Cc1ccc(F)cc1Br)c1cc2c(s1)CCCCC2. The van der Waals surface area contributed by atoms with Crippen LogP contribution in [0.25, 0.3) is 0 Å². The fourth-order valence-corrected chi connectivity index (χ4v) is 4.67. The van der Waals surface area contributed by atoms with Gasteiger partial charge in [-0.25, -0.2) is 4.39 Å². The number of fused-ring (bicyclic) bond motifs is 1. The topological polar surface area (TPSA) is 26.0 Å². The van der Waals surface area contributed by atoms with Gasteiger partial charge < -0.3 is 5.73 Å². The van der Waals surface area contributed by atoms with E-state index in [1.54, 1.807) is 0 Å². The van der Waals surface area contributed by atoms with E-state index in [4.69, 9.17) is 5.73 Å². The van der Waals surface area contributed by atoms with Crippen molar-refractivity contribution in [2.75, 3.05) is 0 Å². The van der Waals surface area contributed by atoms with E-state index in [9.17, 15) is 4.39 Å². The molecule has 2 aromatic rings. The van der Waals surface area contributed by atoms with E-state index < -0.39 is 0 Å². The zero-order valence-electron chi connectivity index (χ0n) is 11.9. The van der Waals surface area contributed by atoms with E-state index in [0.29, 0.717) is 0 Å². The van der Waals surface area contributed by atoms with Gasteiger partial charge >= 0.3 is 0 Å². The Bertz CT molecular complexity index is 614. The second kappa shape index (κ2) is 6.59. The van der Waals surface area contributed by atoms with Gasteiger partial charge in [0.1, 0.15) is 5.82 Å². The molecule has 1 aliphatic rings. The van der Waals surface area contributed by atoms with Crippen molar-refractivity contribution >= 4 is 27.3 Å². The molecule has 0 fully saturated rings. The molecule has 1 atom stereocenters. The minimum Gasteiger partial charge on any atom is -0.323 e. The monoisotopic (exact) mass is 367 g/mol. The normalized spacial score (nSPS) is 16.3. The maximum atomic E-state index is 13.1. The highest BCUT2D eigenvalue weighted by molar-refractivity contribution is 9.10. The predicted molar refractivity (Wildman–Crippen MR) is 90.3 cm³/mol. The van der Waals surface area contributed by atoms with Gasteiger partial charge in [0.15, 0.2) is 0 Å². The molecule has 0 aliphatic heterocycles. The van der Waals surface area contributed by atoms with Gasteiger partial charge in [-0.15, -0.1) is 11.3 Å². The summed E-state index contributed by atoms with van der Waals surface area (Å²) in [6.07, 6.45) is 7.06. The van der Waals surface area contributed by atoms with Crippen molar-refractivity contribution in [3.8, 4) is 0 Å². The Kier molecular flexibility index (Phi) is 4.77. The third-order valence-electron chi connectivity index (χ3n) is 4.09. The van der Waals surface area contributed by atoms with Gasteiger partial charge in [-0.05, 0) is 61.4 Å². The molecular weight excluding hydrogens is 349 g/mol. The first-order valence-corrected chi connectivity index (χ1v) is 9.05. The highest BCUT2D eigenvalue weighted by Crippen LogP contribution is 2.33. The molecule has 0 spiro atoms. The third-order valence-corrected chi connectivity index (χ3v) is 6.19. The molecule has 0 bridgehead atoms. The van der Waals surface area contributed by atoms with Crippen LogP contribution in [-0.4, -0.2) is 0 Å². The number of hydrogen-bond acceptors (Lipinski definition) is 2. The lowest BCUT2D eigenvalue weighted by Crippen LogP contribution is -2.12. The third kappa shape index (κ3) is 3.55. The molecule has 3 rings (SSSR count). The number of hydrogen-bond donors (Lipinski definition) is 1. The first-order chi connectivity index (χ1) is 10.1. The molecule has 1 heterocycles. The molecule has 2 N–H and O–H groups in total. The molecule has 0 saturated heterocycles. The van der Waals surface area contributed by atoms with Crippen LogP contribution >= 0.6 is 27.3 Å². The van der Waals surface area contributed by atoms with E-state index in [-0.39, 0.29) is 11.9 Å². The minimum atomic E-state index is -0.220. The molecule has 0 radical (unpaired) electrons. The summed E-state index contributed by atoms with van der Waals surface area (Å²) in [5, 5.41) is 0. The largest absolute Gasteiger partial charge is 0.323 e. The van der Waals surface area contributed by atoms with Gasteiger partial charge in [-0.1, -0.05) is 28.4 Å². The second-order valence-electron chi connectivity index (χ2n) is 5.70. The molecule has 4 heteroatoms. The fraction of sp³-hybridized carbons (Fsp3) is 0.412. The summed E-state index contributed by atoms with van der Waals surface area (Å²) in [6.45, 7) is 0. The summed E-state index contributed by atoms with van der Waals surface area (Å²) in [5.74, 6) is -0.220. The van der Waals surface area contributed by atoms with Gasteiger partial charge in [0.05, 0.1) is 0 Å². The zero-order chi connectivity index (χ0) is 14.8. The fourth-order valence-electron chi connectivity index (χ4n) is 2.90. The number of nitrogens with two attached hydrogens (primary N) is 1. The standard InChI is InChI=1S/C17H19BrFNS/c18-14-10-13(19)7-6-11(14)8-15(20)17-9-12-4-2-1-3-5-16(12)21-17/h6-7,9-10,15H,1-5,8,20H2. The van der Waals surface area contributed by atoms with Gasteiger partial charge in [-0.2, -0.15) is 0 Å². The predicted octanol–water partition coefficient (Wildman–Crippen LogP) is 5.16. The van der Waals surface area contributed by atoms with E-state index >= 15 is 0 Å². The summed E-state index contributed by atoms with van der Waals surface area (Å²) in [4.78, 5) is 2.79. The number of benzene rings is 1. The van der Waals surface area contributed by atoms with Gasteiger partial charge in [0.25, 0.3) is 0 Å². The van der Waals surface area contributed by atoms with Crippen molar-refractivity contribution in [1.29, 1.82) is 0 Å². The number of halogens is 2. The molecule has 0 amide bonds. The van der Waals surface area contributed by atoms with Crippen LogP contribution in [0.5, 0.6) is 0 Å². The molecule has 1 aromatic heterocycles. The molecule has 0 saturated carbocycles. The number of rotatable bonds is 3. The van der Waals surface area contributed by atoms with Crippen LogP contribution in [0.3, 0.4) is 0 Å². The summed E-state index contributed by atoms with van der Waals surface area (Å²) < 4.78 is 13.9. The highest BCUT2D eigenvalue weighted by atomic mass is 79.9. The van der Waals surface area contributed by atoms with Gasteiger partial charge in [0, 0.05) is 20.3 Å². The van der Waals surface area contributed by atoms with Crippen LogP contribution in [0, 0.1) is 5.82 Å².